The summed E-state index contributed by atoms with van der Waals surface area (Å²) in [5.74, 6) is 0. The molecule has 1 aliphatic heterocycles. The monoisotopic (exact) mass is 298 g/mol. The highest BCUT2D eigenvalue weighted by Crippen LogP contribution is 2.32. The van der Waals surface area contributed by atoms with Crippen molar-refractivity contribution in [3.8, 4) is 0 Å². The minimum Gasteiger partial charge on any atom is -0.342 e. The van der Waals surface area contributed by atoms with Crippen LogP contribution in [0.15, 0.2) is 29.3 Å². The summed E-state index contributed by atoms with van der Waals surface area (Å²) in [6, 6.07) is 6.19. The van der Waals surface area contributed by atoms with Gasteiger partial charge in [-0.3, -0.25) is 4.79 Å². The maximum atomic E-state index is 11.8. The first-order valence-electron chi connectivity index (χ1n) is 6.89. The molecule has 1 N–H and O–H groups in total. The SMILES string of the molecule is Cc1cccc2nc(N3CCc4c(nc[nH]c4=O)C3)sc12. The minimum absolute atomic E-state index is 0.0141. The van der Waals surface area contributed by atoms with Crippen LogP contribution < -0.4 is 10.5 Å². The predicted octanol–water partition coefficient (Wildman–Crippen LogP) is 2.25. The summed E-state index contributed by atoms with van der Waals surface area (Å²) in [4.78, 5) is 25.6. The summed E-state index contributed by atoms with van der Waals surface area (Å²) in [5.41, 5.74) is 3.95. The van der Waals surface area contributed by atoms with E-state index in [1.807, 2.05) is 12.1 Å². The van der Waals surface area contributed by atoms with Crippen molar-refractivity contribution in [1.29, 1.82) is 0 Å². The predicted molar refractivity (Wildman–Crippen MR) is 84.0 cm³/mol. The molecule has 3 aromatic rings. The van der Waals surface area contributed by atoms with Gasteiger partial charge in [0.25, 0.3) is 5.56 Å². The fourth-order valence-electron chi connectivity index (χ4n) is 2.74. The molecule has 0 amide bonds. The smallest absolute Gasteiger partial charge is 0.254 e. The fraction of sp³-hybridized carbons (Fsp3) is 0.267. The zero-order chi connectivity index (χ0) is 14.4. The van der Waals surface area contributed by atoms with Crippen molar-refractivity contribution in [3.63, 3.8) is 0 Å². The van der Waals surface area contributed by atoms with Crippen LogP contribution in [-0.2, 0) is 13.0 Å². The summed E-state index contributed by atoms with van der Waals surface area (Å²) in [6.07, 6.45) is 2.20. The second-order valence-electron chi connectivity index (χ2n) is 5.25. The normalized spacial score (nSPS) is 14.4. The molecule has 0 saturated heterocycles. The van der Waals surface area contributed by atoms with Gasteiger partial charge in [-0.2, -0.15) is 0 Å². The van der Waals surface area contributed by atoms with E-state index in [1.165, 1.54) is 16.6 Å². The first-order valence-corrected chi connectivity index (χ1v) is 7.70. The molecule has 3 heterocycles. The number of hydrogen-bond acceptors (Lipinski definition) is 5. The first kappa shape index (κ1) is 12.5. The molecule has 1 aromatic carbocycles. The third-order valence-corrected chi connectivity index (χ3v) is 5.15. The van der Waals surface area contributed by atoms with Gasteiger partial charge in [0.2, 0.25) is 0 Å². The largest absolute Gasteiger partial charge is 0.342 e. The minimum atomic E-state index is -0.0141. The maximum absolute atomic E-state index is 11.8. The van der Waals surface area contributed by atoms with Crippen LogP contribution in [0.3, 0.4) is 0 Å². The number of nitrogens with zero attached hydrogens (tertiary/aromatic N) is 3. The van der Waals surface area contributed by atoms with Crippen LogP contribution >= 0.6 is 11.3 Å². The van der Waals surface area contributed by atoms with Crippen molar-refractivity contribution in [1.82, 2.24) is 15.0 Å². The van der Waals surface area contributed by atoms with E-state index in [0.717, 1.165) is 28.5 Å². The lowest BCUT2D eigenvalue weighted by Gasteiger charge is -2.26. The number of aromatic amines is 1. The molecule has 1 aliphatic rings. The molecule has 0 fully saturated rings. The molecule has 5 nitrogen and oxygen atoms in total. The van der Waals surface area contributed by atoms with Crippen LogP contribution in [0.1, 0.15) is 16.8 Å². The van der Waals surface area contributed by atoms with Gasteiger partial charge in [0.15, 0.2) is 5.13 Å². The Labute approximate surface area is 125 Å². The van der Waals surface area contributed by atoms with Crippen LogP contribution in [0.25, 0.3) is 10.2 Å². The zero-order valence-corrected chi connectivity index (χ0v) is 12.4. The molecule has 6 heteroatoms. The Hall–Kier alpha value is -2.21. The second kappa shape index (κ2) is 4.66. The number of nitrogens with one attached hydrogen (secondary N) is 1. The van der Waals surface area contributed by atoms with Gasteiger partial charge in [-0.25, -0.2) is 9.97 Å². The standard InChI is InChI=1S/C15H14N4OS/c1-9-3-2-4-11-13(9)21-15(18-11)19-6-5-10-12(7-19)16-8-17-14(10)20/h2-4,8H,5-7H2,1H3,(H,16,17,20). The second-order valence-corrected chi connectivity index (χ2v) is 6.23. The van der Waals surface area contributed by atoms with Crippen LogP contribution in [0.5, 0.6) is 0 Å². The molecule has 21 heavy (non-hydrogen) atoms. The molecule has 0 bridgehead atoms. The highest BCUT2D eigenvalue weighted by Gasteiger charge is 2.22. The number of fused-ring (bicyclic) bond motifs is 2. The van der Waals surface area contributed by atoms with Crippen LogP contribution in [0.2, 0.25) is 0 Å². The summed E-state index contributed by atoms with van der Waals surface area (Å²) >= 11 is 1.71. The molecule has 4 rings (SSSR count). The highest BCUT2D eigenvalue weighted by molar-refractivity contribution is 7.22. The lowest BCUT2D eigenvalue weighted by atomic mass is 10.1. The number of anilines is 1. The van der Waals surface area contributed by atoms with Gasteiger partial charge in [0.1, 0.15) is 0 Å². The summed E-state index contributed by atoms with van der Waals surface area (Å²) in [5, 5.41) is 1.01. The molecule has 0 spiro atoms. The van der Waals surface area contributed by atoms with E-state index in [-0.39, 0.29) is 5.56 Å². The lowest BCUT2D eigenvalue weighted by molar-refractivity contribution is 0.695. The van der Waals surface area contributed by atoms with Crippen molar-refractivity contribution in [2.24, 2.45) is 0 Å². The first-order chi connectivity index (χ1) is 10.2. The number of benzene rings is 1. The Morgan fingerprint density at radius 3 is 3.14 bits per heavy atom. The van der Waals surface area contributed by atoms with Crippen molar-refractivity contribution in [2.45, 2.75) is 19.9 Å². The number of aryl methyl sites for hydroxylation is 1. The Kier molecular flexibility index (Phi) is 2.78. The summed E-state index contributed by atoms with van der Waals surface area (Å²) in [7, 11) is 0. The van der Waals surface area contributed by atoms with Gasteiger partial charge in [-0.15, -0.1) is 0 Å². The van der Waals surface area contributed by atoms with E-state index in [1.54, 1.807) is 11.3 Å². The van der Waals surface area contributed by atoms with E-state index in [9.17, 15) is 4.79 Å². The van der Waals surface area contributed by atoms with Gasteiger partial charge in [0, 0.05) is 12.1 Å². The van der Waals surface area contributed by atoms with E-state index in [2.05, 4.69) is 27.9 Å². The van der Waals surface area contributed by atoms with E-state index in [0.29, 0.717) is 13.0 Å². The van der Waals surface area contributed by atoms with Crippen LogP contribution in [0.4, 0.5) is 5.13 Å². The molecular formula is C15H14N4OS. The molecule has 0 aliphatic carbocycles. The maximum Gasteiger partial charge on any atom is 0.254 e. The van der Waals surface area contributed by atoms with Gasteiger partial charge in [-0.05, 0) is 25.0 Å². The number of H-pyrrole nitrogens is 1. The fourth-order valence-corrected chi connectivity index (χ4v) is 3.80. The molecule has 106 valence electrons. The Morgan fingerprint density at radius 1 is 1.38 bits per heavy atom. The van der Waals surface area contributed by atoms with E-state index in [4.69, 9.17) is 4.98 Å². The molecule has 0 radical (unpaired) electrons. The van der Waals surface area contributed by atoms with Crippen LogP contribution in [-0.4, -0.2) is 21.5 Å². The molecule has 0 saturated carbocycles. The van der Waals surface area contributed by atoms with Crippen molar-refractivity contribution < 1.29 is 0 Å². The van der Waals surface area contributed by atoms with Gasteiger partial charge in [-0.1, -0.05) is 23.5 Å². The average molecular weight is 298 g/mol. The quantitative estimate of drug-likeness (QED) is 0.748. The number of aromatic nitrogens is 3. The zero-order valence-electron chi connectivity index (χ0n) is 11.6. The number of thiazole rings is 1. The Bertz CT molecular complexity index is 883. The third-order valence-electron chi connectivity index (χ3n) is 3.88. The molecule has 0 unspecified atom stereocenters. The molecule has 2 aromatic heterocycles. The van der Waals surface area contributed by atoms with Crippen molar-refractivity contribution >= 4 is 26.7 Å². The van der Waals surface area contributed by atoms with Gasteiger partial charge < -0.3 is 9.88 Å². The summed E-state index contributed by atoms with van der Waals surface area (Å²) < 4.78 is 1.23. The average Bonchev–Trinajstić information content (AvgIpc) is 2.93. The van der Waals surface area contributed by atoms with E-state index < -0.39 is 0 Å². The highest BCUT2D eigenvalue weighted by atomic mass is 32.1. The topological polar surface area (TPSA) is 61.9 Å². The van der Waals surface area contributed by atoms with Crippen LogP contribution in [0, 0.1) is 6.92 Å². The molecule has 0 atom stereocenters. The van der Waals surface area contributed by atoms with Gasteiger partial charge in [0.05, 0.1) is 28.8 Å². The number of hydrogen-bond donors (Lipinski definition) is 1. The van der Waals surface area contributed by atoms with E-state index >= 15 is 0 Å². The Balaban J connectivity index is 1.74. The van der Waals surface area contributed by atoms with Crippen molar-refractivity contribution in [2.75, 3.05) is 11.4 Å². The Morgan fingerprint density at radius 2 is 2.29 bits per heavy atom. The van der Waals surface area contributed by atoms with Crippen molar-refractivity contribution in [3.05, 3.63) is 51.7 Å². The number of rotatable bonds is 1. The third kappa shape index (κ3) is 2.03. The molecular weight excluding hydrogens is 284 g/mol. The summed E-state index contributed by atoms with van der Waals surface area (Å²) in [6.45, 7) is 3.57. The van der Waals surface area contributed by atoms with Gasteiger partial charge >= 0.3 is 0 Å². The lowest BCUT2D eigenvalue weighted by Crippen LogP contribution is -2.34.